The summed E-state index contributed by atoms with van der Waals surface area (Å²) in [6.07, 6.45) is 17.4. The molecule has 5 rings (SSSR count). The number of ketones is 1. The average molecular weight is 407 g/mol. The number of hydrogen-bond acceptors (Lipinski definition) is 1. The molecule has 3 unspecified atom stereocenters. The van der Waals surface area contributed by atoms with Crippen molar-refractivity contribution in [1.29, 1.82) is 0 Å². The highest BCUT2D eigenvalue weighted by Crippen LogP contribution is 2.45. The van der Waals surface area contributed by atoms with E-state index < -0.39 is 0 Å². The van der Waals surface area contributed by atoms with Crippen LogP contribution in [0.1, 0.15) is 55.2 Å². The zero-order valence-corrected chi connectivity index (χ0v) is 18.2. The van der Waals surface area contributed by atoms with E-state index in [9.17, 15) is 4.79 Å². The number of carbonyl (C=O) groups excluding carboxylic acids is 1. The number of allylic oxidation sites excluding steroid dienone is 7. The minimum Gasteiger partial charge on any atom is -0.299 e. The number of carbonyl (C=O) groups is 1. The molecule has 156 valence electrons. The van der Waals surface area contributed by atoms with Crippen LogP contribution < -0.4 is 0 Å². The lowest BCUT2D eigenvalue weighted by atomic mass is 9.75. The largest absolute Gasteiger partial charge is 0.299 e. The molecule has 0 amide bonds. The first-order valence-corrected chi connectivity index (χ1v) is 11.7. The first-order valence-electron chi connectivity index (χ1n) is 11.7. The second kappa shape index (κ2) is 8.67. The summed E-state index contributed by atoms with van der Waals surface area (Å²) in [5, 5.41) is 0. The van der Waals surface area contributed by atoms with E-state index in [-0.39, 0.29) is 11.8 Å². The predicted octanol–water partition coefficient (Wildman–Crippen LogP) is 7.39. The van der Waals surface area contributed by atoms with E-state index in [2.05, 4.69) is 98.0 Å². The van der Waals surface area contributed by atoms with Gasteiger partial charge in [0.1, 0.15) is 5.78 Å². The fourth-order valence-corrected chi connectivity index (χ4v) is 5.52. The van der Waals surface area contributed by atoms with Crippen molar-refractivity contribution >= 4 is 17.4 Å². The average Bonchev–Trinajstić information content (AvgIpc) is 3.45. The molecule has 0 radical (unpaired) electrons. The summed E-state index contributed by atoms with van der Waals surface area (Å²) >= 11 is 0. The van der Waals surface area contributed by atoms with Gasteiger partial charge in [-0.15, -0.1) is 0 Å². The molecule has 0 aromatic heterocycles. The van der Waals surface area contributed by atoms with E-state index in [1.54, 1.807) is 0 Å². The van der Waals surface area contributed by atoms with Crippen molar-refractivity contribution in [2.24, 2.45) is 17.8 Å². The molecule has 4 atom stereocenters. The van der Waals surface area contributed by atoms with Crippen molar-refractivity contribution in [2.45, 2.75) is 38.5 Å². The van der Waals surface area contributed by atoms with Gasteiger partial charge in [-0.1, -0.05) is 104 Å². The fourth-order valence-electron chi connectivity index (χ4n) is 5.52. The van der Waals surface area contributed by atoms with Crippen molar-refractivity contribution in [1.82, 2.24) is 0 Å². The Bertz CT molecular complexity index is 1080. The molecule has 0 heterocycles. The Kier molecular flexibility index (Phi) is 5.59. The Balaban J connectivity index is 1.39. The van der Waals surface area contributed by atoms with Crippen molar-refractivity contribution in [2.75, 3.05) is 0 Å². The summed E-state index contributed by atoms with van der Waals surface area (Å²) in [4.78, 5) is 13.6. The molecule has 0 saturated carbocycles. The van der Waals surface area contributed by atoms with Crippen LogP contribution in [-0.4, -0.2) is 5.78 Å². The molecular weight excluding hydrogens is 376 g/mol. The van der Waals surface area contributed by atoms with Gasteiger partial charge in [-0.2, -0.15) is 0 Å². The normalized spacial score (nSPS) is 26.5. The van der Waals surface area contributed by atoms with Gasteiger partial charge in [-0.3, -0.25) is 4.79 Å². The molecule has 0 N–H and O–H groups in total. The first-order chi connectivity index (χ1) is 15.2. The van der Waals surface area contributed by atoms with Crippen molar-refractivity contribution in [3.63, 3.8) is 0 Å². The van der Waals surface area contributed by atoms with Gasteiger partial charge in [0.15, 0.2) is 0 Å². The van der Waals surface area contributed by atoms with Gasteiger partial charge in [0.25, 0.3) is 0 Å². The monoisotopic (exact) mass is 406 g/mol. The Morgan fingerprint density at radius 1 is 0.968 bits per heavy atom. The molecule has 2 aromatic carbocycles. The minimum absolute atomic E-state index is 0.00240. The second-order valence-corrected chi connectivity index (χ2v) is 9.11. The summed E-state index contributed by atoms with van der Waals surface area (Å²) in [6, 6.07) is 19.1. The standard InChI is InChI=1S/C30H30O/c1-2-21-12-14-24(15-13-21)28-18-26(22-8-4-3-5-9-22)19-29(28)30(31)20-25-17-16-23-10-6-7-11-27(23)25/h3-14,16-17,19,24-25,28-29H,2,15,18,20H2,1H3/t24?,25?,28-,29?/m0/s1. The maximum Gasteiger partial charge on any atom is 0.140 e. The van der Waals surface area contributed by atoms with Crippen LogP contribution in [0.2, 0.25) is 0 Å². The molecule has 1 nitrogen and oxygen atoms in total. The van der Waals surface area contributed by atoms with E-state index in [0.29, 0.717) is 24.0 Å². The Morgan fingerprint density at radius 3 is 2.55 bits per heavy atom. The van der Waals surface area contributed by atoms with Crippen LogP contribution in [0.5, 0.6) is 0 Å². The molecule has 0 saturated heterocycles. The third-order valence-corrected chi connectivity index (χ3v) is 7.31. The lowest BCUT2D eigenvalue weighted by Gasteiger charge is -2.28. The van der Waals surface area contributed by atoms with Gasteiger partial charge in [0.05, 0.1) is 0 Å². The third-order valence-electron chi connectivity index (χ3n) is 7.31. The molecule has 3 aliphatic rings. The van der Waals surface area contributed by atoms with Gasteiger partial charge < -0.3 is 0 Å². The summed E-state index contributed by atoms with van der Waals surface area (Å²) < 4.78 is 0. The smallest absolute Gasteiger partial charge is 0.140 e. The van der Waals surface area contributed by atoms with Gasteiger partial charge in [0.2, 0.25) is 0 Å². The Morgan fingerprint density at radius 2 is 1.77 bits per heavy atom. The summed E-state index contributed by atoms with van der Waals surface area (Å²) in [7, 11) is 0. The van der Waals surface area contributed by atoms with Crippen LogP contribution in [-0.2, 0) is 4.79 Å². The molecule has 1 heteroatoms. The number of fused-ring (bicyclic) bond motifs is 1. The molecule has 3 aliphatic carbocycles. The molecule has 0 bridgehead atoms. The van der Waals surface area contributed by atoms with Crippen molar-refractivity contribution in [3.05, 3.63) is 107 Å². The zero-order valence-electron chi connectivity index (χ0n) is 18.2. The van der Waals surface area contributed by atoms with Crippen LogP contribution in [0, 0.1) is 17.8 Å². The fraction of sp³-hybridized carbons (Fsp3) is 0.300. The van der Waals surface area contributed by atoms with Crippen molar-refractivity contribution < 1.29 is 4.79 Å². The highest BCUT2D eigenvalue weighted by Gasteiger charge is 2.38. The van der Waals surface area contributed by atoms with E-state index in [0.717, 1.165) is 19.3 Å². The second-order valence-electron chi connectivity index (χ2n) is 9.11. The zero-order chi connectivity index (χ0) is 21.2. The molecule has 31 heavy (non-hydrogen) atoms. The quantitative estimate of drug-likeness (QED) is 0.489. The summed E-state index contributed by atoms with van der Waals surface area (Å²) in [6.45, 7) is 2.21. The van der Waals surface area contributed by atoms with E-state index in [1.165, 1.54) is 27.8 Å². The predicted molar refractivity (Wildman–Crippen MR) is 129 cm³/mol. The third kappa shape index (κ3) is 4.02. The van der Waals surface area contributed by atoms with Crippen LogP contribution >= 0.6 is 0 Å². The molecular formula is C30H30O. The maximum atomic E-state index is 13.6. The lowest BCUT2D eigenvalue weighted by Crippen LogP contribution is -2.26. The van der Waals surface area contributed by atoms with Gasteiger partial charge in [-0.25, -0.2) is 0 Å². The first kappa shape index (κ1) is 20.0. The number of hydrogen-bond donors (Lipinski definition) is 0. The van der Waals surface area contributed by atoms with Crippen LogP contribution in [0.25, 0.3) is 11.6 Å². The van der Waals surface area contributed by atoms with E-state index in [4.69, 9.17) is 0 Å². The molecule has 0 spiro atoms. The topological polar surface area (TPSA) is 17.1 Å². The van der Waals surface area contributed by atoms with Crippen LogP contribution in [0.3, 0.4) is 0 Å². The highest BCUT2D eigenvalue weighted by molar-refractivity contribution is 5.88. The summed E-state index contributed by atoms with van der Waals surface area (Å²) in [5.41, 5.74) is 6.58. The molecule has 0 fully saturated rings. The van der Waals surface area contributed by atoms with Crippen molar-refractivity contribution in [3.8, 4) is 0 Å². The molecule has 0 aliphatic heterocycles. The number of Topliss-reactive ketones (excluding diaryl/α,β-unsaturated/α-hetero) is 1. The van der Waals surface area contributed by atoms with Gasteiger partial charge >= 0.3 is 0 Å². The van der Waals surface area contributed by atoms with Crippen LogP contribution in [0.4, 0.5) is 0 Å². The highest BCUT2D eigenvalue weighted by atomic mass is 16.1. The molecule has 2 aromatic rings. The minimum atomic E-state index is 0.00240. The number of benzene rings is 2. The Labute approximate surface area is 185 Å². The van der Waals surface area contributed by atoms with Crippen LogP contribution in [0.15, 0.2) is 90.6 Å². The van der Waals surface area contributed by atoms with Gasteiger partial charge in [-0.05, 0) is 53.4 Å². The maximum absolute atomic E-state index is 13.6. The SMILES string of the molecule is CCC1=CCC([C@@H]2CC(c3ccccc3)=CC2C(=O)CC2C=Cc3ccccc32)C=C1. The summed E-state index contributed by atoms with van der Waals surface area (Å²) in [5.74, 6) is 1.40. The van der Waals surface area contributed by atoms with Gasteiger partial charge in [0, 0.05) is 18.3 Å². The van der Waals surface area contributed by atoms with E-state index in [1.807, 2.05) is 0 Å². The number of rotatable bonds is 6. The van der Waals surface area contributed by atoms with E-state index >= 15 is 0 Å². The lowest BCUT2D eigenvalue weighted by molar-refractivity contribution is -0.123. The Hall–Kier alpha value is -2.93.